The van der Waals surface area contributed by atoms with Gasteiger partial charge in [-0.25, -0.2) is 4.99 Å². The lowest BCUT2D eigenvalue weighted by Gasteiger charge is -1.80. The lowest BCUT2D eigenvalue weighted by atomic mass is 10.4. The van der Waals surface area contributed by atoms with Crippen molar-refractivity contribution in [3.05, 3.63) is 0 Å². The maximum atomic E-state index is 8.05. The molecule has 0 heterocycles. The molecule has 0 atom stereocenters. The van der Waals surface area contributed by atoms with Gasteiger partial charge in [0.25, 0.3) is 0 Å². The molecular weight excluding hydrogens is 114 g/mol. The molecule has 0 aliphatic carbocycles. The first-order valence-corrected chi connectivity index (χ1v) is 2.82. The van der Waals surface area contributed by atoms with Gasteiger partial charge >= 0.3 is 0 Å². The minimum atomic E-state index is -0.219. The summed E-state index contributed by atoms with van der Waals surface area (Å²) in [4.78, 5) is 3.53. The highest BCUT2D eigenvalue weighted by Gasteiger charge is 1.81. The number of hydrogen-bond acceptors (Lipinski definition) is 2. The number of amidine groups is 1. The fraction of sp³-hybridized carbons (Fsp3) is 0.500. The van der Waals surface area contributed by atoms with E-state index in [1.54, 1.807) is 12.3 Å². The number of hydrogen-bond donors (Lipinski definition) is 1. The second-order valence-corrected chi connectivity index (χ2v) is 1.56. The summed E-state index contributed by atoms with van der Waals surface area (Å²) in [6.07, 6.45) is 3.43. The van der Waals surface area contributed by atoms with Crippen LogP contribution in [0.4, 0.5) is 0 Å². The Hall–Kier alpha value is -1.17. The standard InChI is InChI=1S/C6H9N3/c1-2-3-4-9-6(8)5-7/h4,8H,2-3H2,1H3. The molecule has 1 N–H and O–H groups in total. The van der Waals surface area contributed by atoms with E-state index in [1.165, 1.54) is 0 Å². The summed E-state index contributed by atoms with van der Waals surface area (Å²) in [6.45, 7) is 2.02. The summed E-state index contributed by atoms with van der Waals surface area (Å²) in [7, 11) is 0. The maximum absolute atomic E-state index is 8.05. The second-order valence-electron chi connectivity index (χ2n) is 1.56. The van der Waals surface area contributed by atoms with Gasteiger partial charge in [-0.15, -0.1) is 0 Å². The van der Waals surface area contributed by atoms with Crippen LogP contribution < -0.4 is 0 Å². The highest BCUT2D eigenvalue weighted by atomic mass is 14.8. The van der Waals surface area contributed by atoms with Crippen LogP contribution in [0.5, 0.6) is 0 Å². The van der Waals surface area contributed by atoms with E-state index in [0.29, 0.717) is 0 Å². The molecule has 0 bridgehead atoms. The van der Waals surface area contributed by atoms with Gasteiger partial charge in [-0.05, 0) is 6.42 Å². The first-order valence-electron chi connectivity index (χ1n) is 2.82. The highest BCUT2D eigenvalue weighted by molar-refractivity contribution is 5.98. The summed E-state index contributed by atoms with van der Waals surface area (Å²) in [5.41, 5.74) is 0. The quantitative estimate of drug-likeness (QED) is 0.437. The molecule has 0 fully saturated rings. The van der Waals surface area contributed by atoms with Gasteiger partial charge in [-0.2, -0.15) is 5.26 Å². The molecular formula is C6H9N3. The number of rotatable bonds is 2. The SMILES string of the molecule is CCCC=NC(=N)C#N. The third-order valence-electron chi connectivity index (χ3n) is 0.744. The number of nitriles is 1. The zero-order chi connectivity index (χ0) is 7.11. The van der Waals surface area contributed by atoms with Gasteiger partial charge in [-0.1, -0.05) is 13.3 Å². The zero-order valence-electron chi connectivity index (χ0n) is 5.39. The highest BCUT2D eigenvalue weighted by Crippen LogP contribution is 1.80. The van der Waals surface area contributed by atoms with Gasteiger partial charge < -0.3 is 0 Å². The lowest BCUT2D eigenvalue weighted by molar-refractivity contribution is 1.01. The normalized spacial score (nSPS) is 9.33. The number of aliphatic imine (C=N–C) groups is 1. The van der Waals surface area contributed by atoms with Crippen LogP contribution in [0.1, 0.15) is 19.8 Å². The molecule has 0 aromatic heterocycles. The molecule has 0 saturated carbocycles. The van der Waals surface area contributed by atoms with E-state index >= 15 is 0 Å². The number of unbranched alkanes of at least 4 members (excludes halogenated alkanes) is 1. The van der Waals surface area contributed by atoms with Crippen LogP contribution in [0.2, 0.25) is 0 Å². The Balaban J connectivity index is 3.48. The van der Waals surface area contributed by atoms with Crippen molar-refractivity contribution in [3.63, 3.8) is 0 Å². The Kier molecular flexibility index (Phi) is 4.33. The fourth-order valence-corrected chi connectivity index (χ4v) is 0.314. The van der Waals surface area contributed by atoms with Crippen molar-refractivity contribution < 1.29 is 0 Å². The monoisotopic (exact) mass is 123 g/mol. The minimum Gasteiger partial charge on any atom is -0.273 e. The summed E-state index contributed by atoms with van der Waals surface area (Å²) in [6, 6.07) is 1.61. The van der Waals surface area contributed by atoms with Crippen molar-refractivity contribution in [3.8, 4) is 6.07 Å². The van der Waals surface area contributed by atoms with Crippen molar-refractivity contribution >= 4 is 12.1 Å². The third kappa shape index (κ3) is 4.69. The van der Waals surface area contributed by atoms with Crippen LogP contribution in [0.15, 0.2) is 4.99 Å². The molecule has 0 rings (SSSR count). The Morgan fingerprint density at radius 1 is 1.89 bits per heavy atom. The predicted octanol–water partition coefficient (Wildman–Crippen LogP) is 1.36. The van der Waals surface area contributed by atoms with E-state index in [9.17, 15) is 0 Å². The van der Waals surface area contributed by atoms with Crippen LogP contribution in [0, 0.1) is 16.7 Å². The van der Waals surface area contributed by atoms with Crippen LogP contribution in [-0.4, -0.2) is 12.1 Å². The fourth-order valence-electron chi connectivity index (χ4n) is 0.314. The van der Waals surface area contributed by atoms with Crippen molar-refractivity contribution in [1.82, 2.24) is 0 Å². The van der Waals surface area contributed by atoms with Crippen molar-refractivity contribution in [2.24, 2.45) is 4.99 Å². The molecule has 9 heavy (non-hydrogen) atoms. The van der Waals surface area contributed by atoms with E-state index in [4.69, 9.17) is 10.7 Å². The van der Waals surface area contributed by atoms with Gasteiger partial charge in [0.15, 0.2) is 0 Å². The van der Waals surface area contributed by atoms with Crippen molar-refractivity contribution in [2.45, 2.75) is 19.8 Å². The Morgan fingerprint density at radius 3 is 3.00 bits per heavy atom. The molecule has 0 amide bonds. The molecule has 0 radical (unpaired) electrons. The average Bonchev–Trinajstić information content (AvgIpc) is 1.89. The molecule has 3 heteroatoms. The maximum Gasteiger partial charge on any atom is 0.224 e. The van der Waals surface area contributed by atoms with Crippen LogP contribution >= 0.6 is 0 Å². The summed E-state index contributed by atoms with van der Waals surface area (Å²) >= 11 is 0. The smallest absolute Gasteiger partial charge is 0.224 e. The third-order valence-corrected chi connectivity index (χ3v) is 0.744. The van der Waals surface area contributed by atoms with Gasteiger partial charge in [0.1, 0.15) is 6.07 Å². The van der Waals surface area contributed by atoms with E-state index in [2.05, 4.69) is 4.99 Å². The molecule has 48 valence electrons. The molecule has 0 saturated heterocycles. The topological polar surface area (TPSA) is 60.0 Å². The first kappa shape index (κ1) is 7.83. The van der Waals surface area contributed by atoms with Crippen molar-refractivity contribution in [2.75, 3.05) is 0 Å². The van der Waals surface area contributed by atoms with E-state index in [-0.39, 0.29) is 5.84 Å². The summed E-state index contributed by atoms with van der Waals surface area (Å²) in [5, 5.41) is 14.8. The molecule has 0 aromatic carbocycles. The number of nitrogens with one attached hydrogen (secondary N) is 1. The molecule has 0 spiro atoms. The molecule has 0 aliphatic rings. The van der Waals surface area contributed by atoms with Crippen LogP contribution in [0.25, 0.3) is 0 Å². The van der Waals surface area contributed by atoms with E-state index < -0.39 is 0 Å². The zero-order valence-corrected chi connectivity index (χ0v) is 5.39. The van der Waals surface area contributed by atoms with Crippen LogP contribution in [-0.2, 0) is 0 Å². The van der Waals surface area contributed by atoms with Gasteiger partial charge in [0.05, 0.1) is 0 Å². The number of nitrogens with zero attached hydrogens (tertiary/aromatic N) is 2. The van der Waals surface area contributed by atoms with Crippen molar-refractivity contribution in [1.29, 1.82) is 10.7 Å². The molecule has 0 aliphatic heterocycles. The molecule has 0 unspecified atom stereocenters. The summed E-state index contributed by atoms with van der Waals surface area (Å²) < 4.78 is 0. The Morgan fingerprint density at radius 2 is 2.56 bits per heavy atom. The van der Waals surface area contributed by atoms with Gasteiger partial charge in [0, 0.05) is 6.21 Å². The predicted molar refractivity (Wildman–Crippen MR) is 36.7 cm³/mol. The summed E-state index contributed by atoms with van der Waals surface area (Å²) in [5.74, 6) is -0.219. The van der Waals surface area contributed by atoms with Gasteiger partial charge in [-0.3, -0.25) is 5.41 Å². The van der Waals surface area contributed by atoms with E-state index in [1.807, 2.05) is 6.92 Å². The Bertz CT molecular complexity index is 152. The lowest BCUT2D eigenvalue weighted by Crippen LogP contribution is -1.84. The Labute approximate surface area is 54.5 Å². The van der Waals surface area contributed by atoms with E-state index in [0.717, 1.165) is 12.8 Å². The first-order chi connectivity index (χ1) is 4.31. The minimum absolute atomic E-state index is 0.219. The average molecular weight is 123 g/mol. The second kappa shape index (κ2) is 4.98. The van der Waals surface area contributed by atoms with Crippen LogP contribution in [0.3, 0.4) is 0 Å². The molecule has 3 nitrogen and oxygen atoms in total. The largest absolute Gasteiger partial charge is 0.273 e. The van der Waals surface area contributed by atoms with Gasteiger partial charge in [0.2, 0.25) is 5.84 Å². The molecule has 0 aromatic rings.